The minimum absolute atomic E-state index is 0.420. The van der Waals surface area contributed by atoms with E-state index in [4.69, 9.17) is 0 Å². The Balaban J connectivity index is 2.25. The van der Waals surface area contributed by atoms with Gasteiger partial charge in [-0.15, -0.1) is 0 Å². The van der Waals surface area contributed by atoms with Gasteiger partial charge in [-0.3, -0.25) is 0 Å². The van der Waals surface area contributed by atoms with Crippen LogP contribution in [-0.4, -0.2) is 25.8 Å². The predicted molar refractivity (Wildman–Crippen MR) is 68.4 cm³/mol. The Morgan fingerprint density at radius 1 is 1.29 bits per heavy atom. The van der Waals surface area contributed by atoms with Crippen molar-refractivity contribution in [2.75, 3.05) is 13.1 Å². The van der Waals surface area contributed by atoms with Crippen LogP contribution in [-0.2, 0) is 16.4 Å². The van der Waals surface area contributed by atoms with Crippen molar-refractivity contribution in [3.05, 3.63) is 29.8 Å². The molecule has 17 heavy (non-hydrogen) atoms. The smallest absolute Gasteiger partial charge is 0.207 e. The molecule has 1 aromatic rings. The molecule has 1 fully saturated rings. The maximum Gasteiger partial charge on any atom is 0.243 e. The van der Waals surface area contributed by atoms with Gasteiger partial charge in [0.05, 0.1) is 4.90 Å². The van der Waals surface area contributed by atoms with Crippen molar-refractivity contribution in [2.45, 2.75) is 31.6 Å². The summed E-state index contributed by atoms with van der Waals surface area (Å²) in [7, 11) is -3.26. The molecule has 1 aliphatic rings. The number of rotatable bonds is 3. The van der Waals surface area contributed by atoms with E-state index in [1.165, 1.54) is 5.56 Å². The molecule has 1 aliphatic heterocycles. The van der Waals surface area contributed by atoms with Crippen LogP contribution in [0.2, 0.25) is 0 Å². The average molecular weight is 253 g/mol. The second-order valence-electron chi connectivity index (χ2n) is 4.75. The van der Waals surface area contributed by atoms with Gasteiger partial charge in [-0.05, 0) is 36.5 Å². The zero-order chi connectivity index (χ0) is 12.5. The summed E-state index contributed by atoms with van der Waals surface area (Å²) in [5, 5.41) is 0. The Morgan fingerprint density at radius 2 is 1.94 bits per heavy atom. The van der Waals surface area contributed by atoms with Gasteiger partial charge in [0, 0.05) is 13.1 Å². The van der Waals surface area contributed by atoms with Crippen LogP contribution in [0.4, 0.5) is 0 Å². The summed E-state index contributed by atoms with van der Waals surface area (Å²) in [5.74, 6) is 0.472. The summed E-state index contributed by atoms with van der Waals surface area (Å²) in [5.41, 5.74) is 1.17. The lowest BCUT2D eigenvalue weighted by Gasteiger charge is -2.16. The zero-order valence-electron chi connectivity index (χ0n) is 10.4. The molecule has 94 valence electrons. The van der Waals surface area contributed by atoms with Crippen LogP contribution >= 0.6 is 0 Å². The molecule has 0 aliphatic carbocycles. The number of benzene rings is 1. The minimum atomic E-state index is -3.26. The third-order valence-corrected chi connectivity index (χ3v) is 5.24. The van der Waals surface area contributed by atoms with Gasteiger partial charge in [-0.2, -0.15) is 4.31 Å². The van der Waals surface area contributed by atoms with Crippen LogP contribution in [0.1, 0.15) is 25.8 Å². The summed E-state index contributed by atoms with van der Waals surface area (Å²) in [6, 6.07) is 7.23. The van der Waals surface area contributed by atoms with E-state index in [-0.39, 0.29) is 0 Å². The predicted octanol–water partition coefficient (Wildman–Crippen LogP) is 2.28. The zero-order valence-corrected chi connectivity index (χ0v) is 11.2. The largest absolute Gasteiger partial charge is 0.243 e. The molecule has 0 spiro atoms. The normalized spacial score (nSPS) is 21.9. The van der Waals surface area contributed by atoms with E-state index >= 15 is 0 Å². The van der Waals surface area contributed by atoms with E-state index in [0.29, 0.717) is 23.9 Å². The van der Waals surface area contributed by atoms with E-state index in [1.54, 1.807) is 16.4 Å². The van der Waals surface area contributed by atoms with Gasteiger partial charge in [0.2, 0.25) is 10.0 Å². The Morgan fingerprint density at radius 3 is 2.41 bits per heavy atom. The van der Waals surface area contributed by atoms with E-state index in [9.17, 15) is 8.42 Å². The van der Waals surface area contributed by atoms with E-state index in [0.717, 1.165) is 12.8 Å². The number of aryl methyl sites for hydroxylation is 1. The lowest BCUT2D eigenvalue weighted by Crippen LogP contribution is -2.28. The molecule has 1 unspecified atom stereocenters. The molecule has 1 aromatic carbocycles. The van der Waals surface area contributed by atoms with Gasteiger partial charge in [0.15, 0.2) is 0 Å². The van der Waals surface area contributed by atoms with Gasteiger partial charge in [0.1, 0.15) is 0 Å². The molecule has 3 nitrogen and oxygen atoms in total. The highest BCUT2D eigenvalue weighted by Crippen LogP contribution is 2.24. The molecule has 2 rings (SSSR count). The second kappa shape index (κ2) is 4.78. The quantitative estimate of drug-likeness (QED) is 0.828. The van der Waals surface area contributed by atoms with Gasteiger partial charge >= 0.3 is 0 Å². The number of hydrogen-bond donors (Lipinski definition) is 0. The van der Waals surface area contributed by atoms with Crippen molar-refractivity contribution in [1.29, 1.82) is 0 Å². The van der Waals surface area contributed by atoms with Crippen LogP contribution in [0.3, 0.4) is 0 Å². The molecule has 0 saturated carbocycles. The minimum Gasteiger partial charge on any atom is -0.207 e. The van der Waals surface area contributed by atoms with E-state index in [2.05, 4.69) is 13.8 Å². The molecular weight excluding hydrogens is 234 g/mol. The summed E-state index contributed by atoms with van der Waals surface area (Å²) in [4.78, 5) is 0.420. The fraction of sp³-hybridized carbons (Fsp3) is 0.538. The first-order chi connectivity index (χ1) is 8.04. The first kappa shape index (κ1) is 12.6. The van der Waals surface area contributed by atoms with Crippen LogP contribution in [0, 0.1) is 5.92 Å². The second-order valence-corrected chi connectivity index (χ2v) is 6.69. The summed E-state index contributed by atoms with van der Waals surface area (Å²) < 4.78 is 26.2. The molecule has 0 N–H and O–H groups in total. The Bertz CT molecular complexity index is 479. The third-order valence-electron chi connectivity index (χ3n) is 3.36. The molecule has 4 heteroatoms. The molecule has 1 saturated heterocycles. The van der Waals surface area contributed by atoms with Crippen molar-refractivity contribution >= 4 is 10.0 Å². The highest BCUT2D eigenvalue weighted by atomic mass is 32.2. The van der Waals surface area contributed by atoms with Gasteiger partial charge in [0.25, 0.3) is 0 Å². The van der Waals surface area contributed by atoms with Crippen molar-refractivity contribution in [3.8, 4) is 0 Å². The topological polar surface area (TPSA) is 37.4 Å². The molecule has 0 aromatic heterocycles. The first-order valence-corrected chi connectivity index (χ1v) is 7.57. The van der Waals surface area contributed by atoms with Crippen LogP contribution in [0.15, 0.2) is 29.2 Å². The molecular formula is C13H19NO2S. The van der Waals surface area contributed by atoms with Crippen molar-refractivity contribution in [3.63, 3.8) is 0 Å². The lowest BCUT2D eigenvalue weighted by molar-refractivity contribution is 0.464. The van der Waals surface area contributed by atoms with Crippen molar-refractivity contribution < 1.29 is 8.42 Å². The fourth-order valence-electron chi connectivity index (χ4n) is 2.16. The summed E-state index contributed by atoms with van der Waals surface area (Å²) in [6.45, 7) is 5.46. The highest BCUT2D eigenvalue weighted by molar-refractivity contribution is 7.89. The number of sulfonamides is 1. The van der Waals surface area contributed by atoms with Crippen LogP contribution in [0.5, 0.6) is 0 Å². The Hall–Kier alpha value is -0.870. The molecule has 0 bridgehead atoms. The Labute approximate surface area is 104 Å². The lowest BCUT2D eigenvalue weighted by atomic mass is 10.2. The molecule has 0 radical (unpaired) electrons. The van der Waals surface area contributed by atoms with Crippen LogP contribution < -0.4 is 0 Å². The van der Waals surface area contributed by atoms with Crippen molar-refractivity contribution in [1.82, 2.24) is 4.31 Å². The molecule has 1 heterocycles. The fourth-order valence-corrected chi connectivity index (χ4v) is 3.73. The first-order valence-electron chi connectivity index (χ1n) is 6.13. The van der Waals surface area contributed by atoms with Gasteiger partial charge in [-0.1, -0.05) is 26.0 Å². The standard InChI is InChI=1S/C13H19NO2S/c1-3-12-4-6-13(7-5-12)17(15,16)14-9-8-11(2)10-14/h4-7,11H,3,8-10H2,1-2H3. The highest BCUT2D eigenvalue weighted by Gasteiger charge is 2.30. The van der Waals surface area contributed by atoms with Crippen LogP contribution in [0.25, 0.3) is 0 Å². The van der Waals surface area contributed by atoms with E-state index in [1.807, 2.05) is 12.1 Å². The monoisotopic (exact) mass is 253 g/mol. The van der Waals surface area contributed by atoms with Gasteiger partial charge < -0.3 is 0 Å². The molecule has 1 atom stereocenters. The SMILES string of the molecule is CCc1ccc(S(=O)(=O)N2CCC(C)C2)cc1. The summed E-state index contributed by atoms with van der Waals surface area (Å²) in [6.07, 6.45) is 1.90. The van der Waals surface area contributed by atoms with E-state index < -0.39 is 10.0 Å². The number of nitrogens with zero attached hydrogens (tertiary/aromatic N) is 1. The van der Waals surface area contributed by atoms with Gasteiger partial charge in [-0.25, -0.2) is 8.42 Å². The Kier molecular flexibility index (Phi) is 3.54. The maximum absolute atomic E-state index is 12.3. The molecule has 0 amide bonds. The third kappa shape index (κ3) is 2.53. The average Bonchev–Trinajstić information content (AvgIpc) is 2.77. The summed E-state index contributed by atoms with van der Waals surface area (Å²) >= 11 is 0. The maximum atomic E-state index is 12.3. The number of hydrogen-bond acceptors (Lipinski definition) is 2. The van der Waals surface area contributed by atoms with Crippen molar-refractivity contribution in [2.24, 2.45) is 5.92 Å².